The molecule has 0 bridgehead atoms. The maximum Gasteiger partial charge on any atom is 0.223 e. The Morgan fingerprint density at radius 3 is 2.50 bits per heavy atom. The lowest BCUT2D eigenvalue weighted by Crippen LogP contribution is -2.40. The van der Waals surface area contributed by atoms with E-state index in [1.807, 2.05) is 7.05 Å². The Labute approximate surface area is 84.5 Å². The summed E-state index contributed by atoms with van der Waals surface area (Å²) < 4.78 is 0. The van der Waals surface area contributed by atoms with Gasteiger partial charge in [0.15, 0.2) is 0 Å². The minimum absolute atomic E-state index is 0.0315. The molecule has 1 unspecified atom stereocenters. The highest BCUT2D eigenvalue weighted by molar-refractivity contribution is 5.89. The van der Waals surface area contributed by atoms with Crippen LogP contribution in [0.25, 0.3) is 0 Å². The zero-order chi connectivity index (χ0) is 10.1. The molecule has 1 aliphatic heterocycles. The fourth-order valence-corrected chi connectivity index (χ4v) is 2.21. The quantitative estimate of drug-likeness (QED) is 0.664. The normalized spacial score (nSPS) is 28.8. The van der Waals surface area contributed by atoms with Gasteiger partial charge >= 0.3 is 0 Å². The average molecular weight is 195 g/mol. The van der Waals surface area contributed by atoms with E-state index in [4.69, 9.17) is 0 Å². The van der Waals surface area contributed by atoms with Crippen LogP contribution in [0.3, 0.4) is 0 Å². The molecule has 14 heavy (non-hydrogen) atoms. The molecule has 3 heteroatoms. The summed E-state index contributed by atoms with van der Waals surface area (Å²) in [5, 5.41) is 0. The highest BCUT2D eigenvalue weighted by Gasteiger charge is 2.34. The minimum Gasteiger partial charge on any atom is -0.346 e. The van der Waals surface area contributed by atoms with E-state index in [0.29, 0.717) is 12.2 Å². The highest BCUT2D eigenvalue weighted by atomic mass is 16.2. The Balaban J connectivity index is 1.92. The van der Waals surface area contributed by atoms with Crippen molar-refractivity contribution in [3.8, 4) is 0 Å². The summed E-state index contributed by atoms with van der Waals surface area (Å²) in [6.45, 7) is 0.752. The summed E-state index contributed by atoms with van der Waals surface area (Å²) in [6.07, 6.45) is 4.62. The van der Waals surface area contributed by atoms with Gasteiger partial charge in [0.1, 0.15) is 5.78 Å². The van der Waals surface area contributed by atoms with E-state index >= 15 is 0 Å². The molecular weight excluding hydrogens is 178 g/mol. The maximum atomic E-state index is 11.9. The number of carbonyl (C=O) groups is 2. The molecule has 0 aromatic rings. The lowest BCUT2D eigenvalue weighted by atomic mass is 9.75. The average Bonchev–Trinajstić information content (AvgIpc) is 2.06. The SMILES string of the molecule is CN1CCC(C(=O)C2CCC2)CC1=O. The Morgan fingerprint density at radius 2 is 2.00 bits per heavy atom. The van der Waals surface area contributed by atoms with E-state index < -0.39 is 0 Å². The third-order valence-corrected chi connectivity index (χ3v) is 3.57. The topological polar surface area (TPSA) is 37.4 Å². The molecule has 1 aliphatic carbocycles. The smallest absolute Gasteiger partial charge is 0.223 e. The van der Waals surface area contributed by atoms with Crippen molar-refractivity contribution in [2.45, 2.75) is 32.1 Å². The van der Waals surface area contributed by atoms with Gasteiger partial charge in [-0.15, -0.1) is 0 Å². The van der Waals surface area contributed by atoms with Crippen molar-refractivity contribution in [1.29, 1.82) is 0 Å². The molecular formula is C11H17NO2. The molecule has 1 saturated carbocycles. The van der Waals surface area contributed by atoms with Crippen LogP contribution in [0.15, 0.2) is 0 Å². The second-order valence-electron chi connectivity index (χ2n) is 4.54. The molecule has 1 atom stereocenters. The van der Waals surface area contributed by atoms with Crippen LogP contribution in [0, 0.1) is 11.8 Å². The molecule has 2 aliphatic rings. The summed E-state index contributed by atoms with van der Waals surface area (Å²) in [4.78, 5) is 25.0. The van der Waals surface area contributed by atoms with Crippen LogP contribution >= 0.6 is 0 Å². The number of amides is 1. The molecule has 0 radical (unpaired) electrons. The lowest BCUT2D eigenvalue weighted by molar-refractivity contribution is -0.140. The largest absolute Gasteiger partial charge is 0.346 e. The van der Waals surface area contributed by atoms with Crippen LogP contribution in [-0.4, -0.2) is 30.2 Å². The van der Waals surface area contributed by atoms with E-state index in [9.17, 15) is 9.59 Å². The number of rotatable bonds is 2. The second-order valence-corrected chi connectivity index (χ2v) is 4.54. The number of Topliss-reactive ketones (excluding diaryl/α,β-unsaturated/α-hetero) is 1. The van der Waals surface area contributed by atoms with Crippen molar-refractivity contribution in [3.05, 3.63) is 0 Å². The predicted octanol–water partition coefficient (Wildman–Crippen LogP) is 1.22. The van der Waals surface area contributed by atoms with Crippen molar-refractivity contribution in [2.24, 2.45) is 11.8 Å². The van der Waals surface area contributed by atoms with Gasteiger partial charge in [-0.25, -0.2) is 0 Å². The van der Waals surface area contributed by atoms with Crippen molar-refractivity contribution in [1.82, 2.24) is 4.90 Å². The zero-order valence-electron chi connectivity index (χ0n) is 8.66. The van der Waals surface area contributed by atoms with E-state index in [1.165, 1.54) is 6.42 Å². The Bertz CT molecular complexity index is 258. The first kappa shape index (κ1) is 9.69. The summed E-state index contributed by atoms with van der Waals surface area (Å²) in [7, 11) is 1.81. The molecule has 0 spiro atoms. The standard InChI is InChI=1S/C11H17NO2/c1-12-6-5-9(7-10(12)13)11(14)8-3-2-4-8/h8-9H,2-7H2,1H3. The Morgan fingerprint density at radius 1 is 1.29 bits per heavy atom. The van der Waals surface area contributed by atoms with Crippen LogP contribution in [0.1, 0.15) is 32.1 Å². The van der Waals surface area contributed by atoms with Crippen molar-refractivity contribution in [2.75, 3.05) is 13.6 Å². The summed E-state index contributed by atoms with van der Waals surface area (Å²) in [5.41, 5.74) is 0. The molecule has 0 aromatic heterocycles. The molecule has 3 nitrogen and oxygen atoms in total. The first-order chi connectivity index (χ1) is 6.68. The maximum absolute atomic E-state index is 11.9. The fourth-order valence-electron chi connectivity index (χ4n) is 2.21. The van der Waals surface area contributed by atoms with E-state index in [1.54, 1.807) is 4.90 Å². The number of nitrogens with zero attached hydrogens (tertiary/aromatic N) is 1. The molecule has 78 valence electrons. The fraction of sp³-hybridized carbons (Fsp3) is 0.818. The van der Waals surface area contributed by atoms with Gasteiger partial charge in [-0.2, -0.15) is 0 Å². The van der Waals surface area contributed by atoms with Gasteiger partial charge < -0.3 is 4.90 Å². The molecule has 1 saturated heterocycles. The zero-order valence-corrected chi connectivity index (χ0v) is 8.66. The van der Waals surface area contributed by atoms with Crippen LogP contribution < -0.4 is 0 Å². The molecule has 0 aromatic carbocycles. The van der Waals surface area contributed by atoms with Crippen LogP contribution in [0.2, 0.25) is 0 Å². The summed E-state index contributed by atoms with van der Waals surface area (Å²) in [5.74, 6) is 0.812. The lowest BCUT2D eigenvalue weighted by Gasteiger charge is -2.32. The number of hydrogen-bond acceptors (Lipinski definition) is 2. The molecule has 1 heterocycles. The predicted molar refractivity (Wildman–Crippen MR) is 52.7 cm³/mol. The van der Waals surface area contributed by atoms with Gasteiger partial charge in [-0.3, -0.25) is 9.59 Å². The number of ketones is 1. The Kier molecular flexibility index (Phi) is 2.57. The van der Waals surface area contributed by atoms with Crippen molar-refractivity contribution < 1.29 is 9.59 Å². The third-order valence-electron chi connectivity index (χ3n) is 3.57. The van der Waals surface area contributed by atoms with Crippen molar-refractivity contribution >= 4 is 11.7 Å². The van der Waals surface area contributed by atoms with Crippen LogP contribution in [0.5, 0.6) is 0 Å². The first-order valence-corrected chi connectivity index (χ1v) is 5.46. The highest BCUT2D eigenvalue weighted by Crippen LogP contribution is 2.32. The molecule has 2 rings (SSSR count). The van der Waals surface area contributed by atoms with Gasteiger partial charge in [-0.05, 0) is 19.3 Å². The van der Waals surface area contributed by atoms with Gasteiger partial charge in [0.25, 0.3) is 0 Å². The van der Waals surface area contributed by atoms with Crippen LogP contribution in [0.4, 0.5) is 0 Å². The second kappa shape index (κ2) is 3.71. The van der Waals surface area contributed by atoms with E-state index in [2.05, 4.69) is 0 Å². The number of carbonyl (C=O) groups excluding carboxylic acids is 2. The van der Waals surface area contributed by atoms with Gasteiger partial charge in [0, 0.05) is 31.8 Å². The molecule has 2 fully saturated rings. The van der Waals surface area contributed by atoms with Gasteiger partial charge in [0.2, 0.25) is 5.91 Å². The molecule has 0 N–H and O–H groups in total. The summed E-state index contributed by atoms with van der Waals surface area (Å²) >= 11 is 0. The Hall–Kier alpha value is -0.860. The third kappa shape index (κ3) is 1.68. The first-order valence-electron chi connectivity index (χ1n) is 5.46. The van der Waals surface area contributed by atoms with Gasteiger partial charge in [0.05, 0.1) is 0 Å². The number of hydrogen-bond donors (Lipinski definition) is 0. The van der Waals surface area contributed by atoms with Crippen molar-refractivity contribution in [3.63, 3.8) is 0 Å². The molecule has 1 amide bonds. The minimum atomic E-state index is 0.0315. The summed E-state index contributed by atoms with van der Waals surface area (Å²) in [6, 6.07) is 0. The van der Waals surface area contributed by atoms with Crippen LogP contribution in [-0.2, 0) is 9.59 Å². The monoisotopic (exact) mass is 195 g/mol. The van der Waals surface area contributed by atoms with E-state index in [-0.39, 0.29) is 17.7 Å². The van der Waals surface area contributed by atoms with E-state index in [0.717, 1.165) is 25.8 Å². The number of likely N-dealkylation sites (tertiary alicyclic amines) is 1. The number of piperidine rings is 1. The van der Waals surface area contributed by atoms with Gasteiger partial charge in [-0.1, -0.05) is 6.42 Å².